The van der Waals surface area contributed by atoms with Gasteiger partial charge in [0.15, 0.2) is 0 Å². The Morgan fingerprint density at radius 1 is 0.815 bits per heavy atom. The number of nitrogens with zero attached hydrogens (tertiary/aromatic N) is 5. The van der Waals surface area contributed by atoms with Crippen LogP contribution in [0.1, 0.15) is 0 Å². The Bertz CT molecular complexity index is 1110. The molecule has 0 atom stereocenters. The normalized spacial score (nSPS) is 11.6. The molecule has 0 fully saturated rings. The number of aromatic nitrogens is 1. The van der Waals surface area contributed by atoms with E-state index in [0.29, 0.717) is 5.13 Å². The van der Waals surface area contributed by atoms with Gasteiger partial charge >= 0.3 is 0 Å². The molecule has 0 saturated carbocycles. The zero-order valence-electron chi connectivity index (χ0n) is 14.0. The lowest BCUT2D eigenvalue weighted by molar-refractivity contribution is 1.12. The van der Waals surface area contributed by atoms with Crippen molar-refractivity contribution in [3.8, 4) is 0 Å². The molecule has 0 spiro atoms. The Labute approximate surface area is 167 Å². The summed E-state index contributed by atoms with van der Waals surface area (Å²) >= 11 is 4.94. The number of hydrogen-bond acceptors (Lipinski definition) is 6. The van der Waals surface area contributed by atoms with Crippen LogP contribution in [0.15, 0.2) is 97.8 Å². The first-order chi connectivity index (χ1) is 13.3. The van der Waals surface area contributed by atoms with Crippen LogP contribution in [0.4, 0.5) is 22.2 Å². The van der Waals surface area contributed by atoms with Gasteiger partial charge in [0.2, 0.25) is 5.13 Å². The fourth-order valence-corrected chi connectivity index (χ4v) is 3.61. The Morgan fingerprint density at radius 2 is 1.56 bits per heavy atom. The molecule has 0 aliphatic rings. The molecule has 132 valence electrons. The summed E-state index contributed by atoms with van der Waals surface area (Å²) in [6.45, 7) is 0. The lowest BCUT2D eigenvalue weighted by atomic mass is 10.3. The summed E-state index contributed by atoms with van der Waals surface area (Å²) in [5.74, 6) is 0. The van der Waals surface area contributed by atoms with Crippen molar-refractivity contribution in [2.75, 3.05) is 5.43 Å². The molecule has 27 heavy (non-hydrogen) atoms. The maximum atomic E-state index is 4.42. The Kier molecular flexibility index (Phi) is 5.27. The average molecular weight is 437 g/mol. The molecule has 0 bridgehead atoms. The topological polar surface area (TPSA) is 74.4 Å². The van der Waals surface area contributed by atoms with E-state index in [1.807, 2.05) is 72.8 Å². The van der Waals surface area contributed by atoms with Gasteiger partial charge in [0.1, 0.15) is 0 Å². The maximum Gasteiger partial charge on any atom is 0.232 e. The van der Waals surface area contributed by atoms with Crippen LogP contribution < -0.4 is 5.43 Å². The molecule has 0 aliphatic carbocycles. The van der Waals surface area contributed by atoms with Gasteiger partial charge in [-0.25, -0.2) is 4.98 Å². The number of benzene rings is 3. The van der Waals surface area contributed by atoms with Crippen LogP contribution in [0.3, 0.4) is 0 Å². The van der Waals surface area contributed by atoms with Crippen LogP contribution in [0.5, 0.6) is 0 Å². The van der Waals surface area contributed by atoms with Gasteiger partial charge in [0.05, 0.1) is 27.3 Å². The summed E-state index contributed by atoms with van der Waals surface area (Å²) < 4.78 is 2.08. The van der Waals surface area contributed by atoms with Crippen LogP contribution in [0.25, 0.3) is 10.2 Å². The first-order valence-corrected chi connectivity index (χ1v) is 9.67. The molecule has 1 heterocycles. The highest BCUT2D eigenvalue weighted by atomic mass is 79.9. The van der Waals surface area contributed by atoms with Crippen LogP contribution in [-0.4, -0.2) is 4.98 Å². The van der Waals surface area contributed by atoms with Crippen molar-refractivity contribution in [3.05, 3.63) is 77.3 Å². The first kappa shape index (κ1) is 17.4. The third-order valence-electron chi connectivity index (χ3n) is 3.56. The van der Waals surface area contributed by atoms with E-state index in [1.165, 1.54) is 11.3 Å². The number of anilines is 1. The van der Waals surface area contributed by atoms with Gasteiger partial charge in [0, 0.05) is 4.47 Å². The predicted octanol–water partition coefficient (Wildman–Crippen LogP) is 7.59. The SMILES string of the molecule is Brc1ccc2nc(N=NNc3ccc(N=Nc4ccccc4)cc3)sc2c1. The number of nitrogens with one attached hydrogen (secondary N) is 1. The van der Waals surface area contributed by atoms with Crippen molar-refractivity contribution in [2.45, 2.75) is 0 Å². The molecule has 0 saturated heterocycles. The quantitative estimate of drug-likeness (QED) is 0.258. The highest BCUT2D eigenvalue weighted by molar-refractivity contribution is 9.10. The van der Waals surface area contributed by atoms with E-state index in [0.717, 1.165) is 31.8 Å². The fourth-order valence-electron chi connectivity index (χ4n) is 2.27. The highest BCUT2D eigenvalue weighted by Gasteiger charge is 2.03. The van der Waals surface area contributed by atoms with Gasteiger partial charge in [-0.3, -0.25) is 5.43 Å². The monoisotopic (exact) mass is 436 g/mol. The third-order valence-corrected chi connectivity index (χ3v) is 4.95. The summed E-state index contributed by atoms with van der Waals surface area (Å²) in [5.41, 5.74) is 6.19. The van der Waals surface area contributed by atoms with E-state index in [1.54, 1.807) is 0 Å². The molecule has 6 nitrogen and oxygen atoms in total. The zero-order valence-corrected chi connectivity index (χ0v) is 16.4. The number of halogens is 1. The summed E-state index contributed by atoms with van der Waals surface area (Å²) in [7, 11) is 0. The molecule has 8 heteroatoms. The van der Waals surface area contributed by atoms with Gasteiger partial charge in [-0.1, -0.05) is 50.7 Å². The largest absolute Gasteiger partial charge is 0.260 e. The van der Waals surface area contributed by atoms with E-state index in [4.69, 9.17) is 0 Å². The van der Waals surface area contributed by atoms with Crippen molar-refractivity contribution in [1.29, 1.82) is 0 Å². The molecular weight excluding hydrogens is 424 g/mol. The number of thiazole rings is 1. The Morgan fingerprint density at radius 3 is 2.33 bits per heavy atom. The van der Waals surface area contributed by atoms with Gasteiger partial charge in [0.25, 0.3) is 0 Å². The van der Waals surface area contributed by atoms with Crippen molar-refractivity contribution in [3.63, 3.8) is 0 Å². The highest BCUT2D eigenvalue weighted by Crippen LogP contribution is 2.30. The molecule has 1 aromatic heterocycles. The number of rotatable bonds is 5. The van der Waals surface area contributed by atoms with E-state index in [9.17, 15) is 0 Å². The Hall–Kier alpha value is -2.97. The fraction of sp³-hybridized carbons (Fsp3) is 0. The van der Waals surface area contributed by atoms with Gasteiger partial charge in [-0.05, 0) is 54.6 Å². The second-order valence-electron chi connectivity index (χ2n) is 5.50. The van der Waals surface area contributed by atoms with Crippen molar-refractivity contribution >= 4 is 59.7 Å². The smallest absolute Gasteiger partial charge is 0.232 e. The number of fused-ring (bicyclic) bond motifs is 1. The van der Waals surface area contributed by atoms with Gasteiger partial charge in [-0.15, -0.1) is 5.11 Å². The standard InChI is InChI=1S/C19H13BrN6S/c20-13-6-11-17-18(12-13)27-19(21-17)25-26-24-16-9-7-15(8-10-16)23-22-14-4-2-1-3-5-14/h1-12H,(H,21,24,25). The van der Waals surface area contributed by atoms with Gasteiger partial charge < -0.3 is 0 Å². The van der Waals surface area contributed by atoms with E-state index < -0.39 is 0 Å². The second-order valence-corrected chi connectivity index (χ2v) is 7.43. The molecule has 0 aliphatic heterocycles. The van der Waals surface area contributed by atoms with E-state index in [-0.39, 0.29) is 0 Å². The lowest BCUT2D eigenvalue weighted by Crippen LogP contribution is -1.84. The minimum Gasteiger partial charge on any atom is -0.260 e. The molecule has 0 amide bonds. The molecule has 1 N–H and O–H groups in total. The second kappa shape index (κ2) is 8.15. The van der Waals surface area contributed by atoms with Crippen molar-refractivity contribution in [1.82, 2.24) is 4.98 Å². The molecule has 4 aromatic rings. The number of hydrogen-bond donors (Lipinski definition) is 1. The molecular formula is C19H13BrN6S. The third kappa shape index (κ3) is 4.60. The summed E-state index contributed by atoms with van der Waals surface area (Å²) in [5, 5.41) is 17.1. The maximum absolute atomic E-state index is 4.42. The van der Waals surface area contributed by atoms with Crippen LogP contribution >= 0.6 is 27.3 Å². The lowest BCUT2D eigenvalue weighted by Gasteiger charge is -1.98. The molecule has 3 aromatic carbocycles. The summed E-state index contributed by atoms with van der Waals surface area (Å²) in [6, 6.07) is 23.0. The number of azo groups is 1. The predicted molar refractivity (Wildman–Crippen MR) is 113 cm³/mol. The average Bonchev–Trinajstić information content (AvgIpc) is 3.10. The summed E-state index contributed by atoms with van der Waals surface area (Å²) in [6.07, 6.45) is 0. The molecule has 0 radical (unpaired) electrons. The van der Waals surface area contributed by atoms with Gasteiger partial charge in [-0.2, -0.15) is 10.2 Å². The van der Waals surface area contributed by atoms with Crippen molar-refractivity contribution < 1.29 is 0 Å². The van der Waals surface area contributed by atoms with Crippen molar-refractivity contribution in [2.24, 2.45) is 20.6 Å². The van der Waals surface area contributed by atoms with E-state index >= 15 is 0 Å². The minimum absolute atomic E-state index is 0.601. The first-order valence-electron chi connectivity index (χ1n) is 8.06. The zero-order chi connectivity index (χ0) is 18.5. The Balaban J connectivity index is 1.39. The minimum atomic E-state index is 0.601. The molecule has 4 rings (SSSR count). The summed E-state index contributed by atoms with van der Waals surface area (Å²) in [4.78, 5) is 4.42. The molecule has 0 unspecified atom stereocenters. The van der Waals surface area contributed by atoms with E-state index in [2.05, 4.69) is 46.9 Å². The van der Waals surface area contributed by atoms with Crippen LogP contribution in [0, 0.1) is 0 Å². The van der Waals surface area contributed by atoms with Crippen LogP contribution in [0.2, 0.25) is 0 Å². The van der Waals surface area contributed by atoms with Crippen LogP contribution in [-0.2, 0) is 0 Å².